The third kappa shape index (κ3) is 15.4. The standard InChI is InChI=1S/C22H40N.HI/c1-2-3-4-5-6-7-8-9-10-11-12-13-14-15-17-20-23-21-18-16-19-22-23;/h16,18-19,21-22H,2-15,17,20H2,1H3;1H/q+1;/p-1. The van der Waals surface area contributed by atoms with E-state index in [9.17, 15) is 0 Å². The van der Waals surface area contributed by atoms with Crippen molar-refractivity contribution in [1.29, 1.82) is 0 Å². The molecule has 0 aromatic carbocycles. The highest BCUT2D eigenvalue weighted by Crippen LogP contribution is 2.13. The molecule has 0 atom stereocenters. The molecule has 0 spiro atoms. The third-order valence-corrected chi connectivity index (χ3v) is 4.80. The van der Waals surface area contributed by atoms with Crippen LogP contribution >= 0.6 is 0 Å². The lowest BCUT2D eigenvalue weighted by molar-refractivity contribution is -0.697. The molecule has 0 unspecified atom stereocenters. The zero-order chi connectivity index (χ0) is 16.4. The van der Waals surface area contributed by atoms with Crippen molar-refractivity contribution in [2.75, 3.05) is 0 Å². The van der Waals surface area contributed by atoms with Crippen LogP contribution in [0.1, 0.15) is 103 Å². The number of hydrogen-bond acceptors (Lipinski definition) is 0. The number of hydrogen-bond donors (Lipinski definition) is 0. The van der Waals surface area contributed by atoms with E-state index >= 15 is 0 Å². The fourth-order valence-electron chi connectivity index (χ4n) is 3.25. The summed E-state index contributed by atoms with van der Waals surface area (Å²) >= 11 is 0. The van der Waals surface area contributed by atoms with E-state index in [0.717, 1.165) is 0 Å². The van der Waals surface area contributed by atoms with Crippen LogP contribution in [0.25, 0.3) is 0 Å². The lowest BCUT2D eigenvalue weighted by Crippen LogP contribution is -3.00. The molecule has 0 radical (unpaired) electrons. The summed E-state index contributed by atoms with van der Waals surface area (Å²) in [7, 11) is 0. The minimum Gasteiger partial charge on any atom is -1.00 e. The molecule has 0 saturated heterocycles. The van der Waals surface area contributed by atoms with Crippen molar-refractivity contribution in [2.45, 2.75) is 110 Å². The Kier molecular flexibility index (Phi) is 19.1. The summed E-state index contributed by atoms with van der Waals surface area (Å²) in [6.45, 7) is 3.47. The van der Waals surface area contributed by atoms with E-state index in [1.807, 2.05) is 0 Å². The molecule has 1 heterocycles. The Bertz CT molecular complexity index is 339. The van der Waals surface area contributed by atoms with Gasteiger partial charge in [-0.25, -0.2) is 4.57 Å². The first-order valence-corrected chi connectivity index (χ1v) is 10.4. The van der Waals surface area contributed by atoms with Gasteiger partial charge in [0.1, 0.15) is 6.54 Å². The first-order chi connectivity index (χ1) is 11.4. The third-order valence-electron chi connectivity index (χ3n) is 4.80. The largest absolute Gasteiger partial charge is 1.00 e. The molecule has 0 aliphatic carbocycles. The number of halogens is 1. The van der Waals surface area contributed by atoms with Crippen LogP contribution in [0.2, 0.25) is 0 Å². The Morgan fingerprint density at radius 2 is 0.875 bits per heavy atom. The van der Waals surface area contributed by atoms with Gasteiger partial charge in [0.15, 0.2) is 12.4 Å². The smallest absolute Gasteiger partial charge is 0.168 e. The van der Waals surface area contributed by atoms with Gasteiger partial charge in [0.2, 0.25) is 0 Å². The van der Waals surface area contributed by atoms with E-state index in [-0.39, 0.29) is 24.0 Å². The predicted molar refractivity (Wildman–Crippen MR) is 102 cm³/mol. The topological polar surface area (TPSA) is 3.88 Å². The highest BCUT2D eigenvalue weighted by atomic mass is 127. The highest BCUT2D eigenvalue weighted by molar-refractivity contribution is 4.83. The Balaban J connectivity index is 0.00000529. The Morgan fingerprint density at radius 3 is 1.29 bits per heavy atom. The average Bonchev–Trinajstić information content (AvgIpc) is 2.59. The van der Waals surface area contributed by atoms with Crippen LogP contribution in [0.4, 0.5) is 0 Å². The summed E-state index contributed by atoms with van der Waals surface area (Å²) in [6, 6.07) is 6.32. The number of aromatic nitrogens is 1. The molecule has 140 valence electrons. The van der Waals surface area contributed by atoms with Crippen LogP contribution in [-0.4, -0.2) is 0 Å². The summed E-state index contributed by atoms with van der Waals surface area (Å²) in [5.41, 5.74) is 0. The minimum absolute atomic E-state index is 0. The zero-order valence-corrected chi connectivity index (χ0v) is 18.2. The molecule has 2 heteroatoms. The molecule has 24 heavy (non-hydrogen) atoms. The molecule has 0 amide bonds. The van der Waals surface area contributed by atoms with Gasteiger partial charge in [0, 0.05) is 18.6 Å². The summed E-state index contributed by atoms with van der Waals surface area (Å²) < 4.78 is 2.29. The first-order valence-electron chi connectivity index (χ1n) is 10.4. The molecular formula is C22H40IN. The maximum absolute atomic E-state index is 2.29. The van der Waals surface area contributed by atoms with Gasteiger partial charge in [0.05, 0.1) is 0 Å². The van der Waals surface area contributed by atoms with Gasteiger partial charge in [-0.05, 0) is 6.42 Å². The molecular weight excluding hydrogens is 405 g/mol. The maximum atomic E-state index is 2.29. The first kappa shape index (κ1) is 23.9. The van der Waals surface area contributed by atoms with Crippen molar-refractivity contribution in [2.24, 2.45) is 0 Å². The van der Waals surface area contributed by atoms with Gasteiger partial charge < -0.3 is 24.0 Å². The fraction of sp³-hybridized carbons (Fsp3) is 0.773. The minimum atomic E-state index is 0. The van der Waals surface area contributed by atoms with Crippen molar-refractivity contribution >= 4 is 0 Å². The van der Waals surface area contributed by atoms with Gasteiger partial charge in [0.25, 0.3) is 0 Å². The molecule has 1 aromatic rings. The van der Waals surface area contributed by atoms with E-state index in [2.05, 4.69) is 42.1 Å². The average molecular weight is 445 g/mol. The van der Waals surface area contributed by atoms with Gasteiger partial charge >= 0.3 is 0 Å². The van der Waals surface area contributed by atoms with Crippen LogP contribution in [-0.2, 0) is 6.54 Å². The van der Waals surface area contributed by atoms with Crippen LogP contribution in [0, 0.1) is 0 Å². The quantitative estimate of drug-likeness (QED) is 0.207. The van der Waals surface area contributed by atoms with Crippen molar-refractivity contribution in [1.82, 2.24) is 0 Å². The van der Waals surface area contributed by atoms with E-state index in [0.29, 0.717) is 0 Å². The molecule has 1 rings (SSSR count). The summed E-state index contributed by atoms with van der Waals surface area (Å²) in [6.07, 6.45) is 25.9. The number of aryl methyl sites for hydroxylation is 1. The second-order valence-corrected chi connectivity index (χ2v) is 7.06. The van der Waals surface area contributed by atoms with Gasteiger partial charge in [-0.2, -0.15) is 0 Å². The molecule has 0 N–H and O–H groups in total. The van der Waals surface area contributed by atoms with Crippen molar-refractivity contribution in [3.05, 3.63) is 30.6 Å². The molecule has 0 fully saturated rings. The molecule has 0 aliphatic rings. The normalized spacial score (nSPS) is 10.5. The Morgan fingerprint density at radius 1 is 0.500 bits per heavy atom. The SMILES string of the molecule is CCCCCCCCCCCCCCCCC[n+]1ccccc1.[I-]. The lowest BCUT2D eigenvalue weighted by atomic mass is 10.0. The number of nitrogens with zero attached hydrogens (tertiary/aromatic N) is 1. The van der Waals surface area contributed by atoms with Crippen molar-refractivity contribution < 1.29 is 28.5 Å². The Hall–Kier alpha value is -0.120. The second kappa shape index (κ2) is 19.2. The summed E-state index contributed by atoms with van der Waals surface area (Å²) in [5, 5.41) is 0. The van der Waals surface area contributed by atoms with E-state index in [4.69, 9.17) is 0 Å². The van der Waals surface area contributed by atoms with Gasteiger partial charge in [-0.15, -0.1) is 0 Å². The van der Waals surface area contributed by atoms with Crippen LogP contribution in [0.15, 0.2) is 30.6 Å². The van der Waals surface area contributed by atoms with Crippen LogP contribution in [0.3, 0.4) is 0 Å². The van der Waals surface area contributed by atoms with E-state index in [1.165, 1.54) is 103 Å². The van der Waals surface area contributed by atoms with Crippen molar-refractivity contribution in [3.63, 3.8) is 0 Å². The predicted octanol–water partition coefficient (Wildman–Crippen LogP) is 3.85. The van der Waals surface area contributed by atoms with Gasteiger partial charge in [-0.1, -0.05) is 96.5 Å². The summed E-state index contributed by atoms with van der Waals surface area (Å²) in [4.78, 5) is 0. The Labute approximate surface area is 168 Å². The van der Waals surface area contributed by atoms with E-state index in [1.54, 1.807) is 0 Å². The van der Waals surface area contributed by atoms with Crippen molar-refractivity contribution in [3.8, 4) is 0 Å². The van der Waals surface area contributed by atoms with Crippen LogP contribution < -0.4 is 28.5 Å². The molecule has 1 nitrogen and oxygen atoms in total. The number of rotatable bonds is 16. The zero-order valence-electron chi connectivity index (χ0n) is 16.0. The monoisotopic (exact) mass is 445 g/mol. The molecule has 0 bridgehead atoms. The highest BCUT2D eigenvalue weighted by Gasteiger charge is 1.98. The number of unbranched alkanes of at least 4 members (excludes halogenated alkanes) is 14. The van der Waals surface area contributed by atoms with Gasteiger partial charge in [-0.3, -0.25) is 0 Å². The summed E-state index contributed by atoms with van der Waals surface area (Å²) in [5.74, 6) is 0. The molecule has 1 aromatic heterocycles. The molecule has 0 saturated carbocycles. The second-order valence-electron chi connectivity index (χ2n) is 7.06. The van der Waals surface area contributed by atoms with E-state index < -0.39 is 0 Å². The van der Waals surface area contributed by atoms with Crippen LogP contribution in [0.5, 0.6) is 0 Å². The number of pyridine rings is 1. The fourth-order valence-corrected chi connectivity index (χ4v) is 3.25. The molecule has 0 aliphatic heterocycles. The maximum Gasteiger partial charge on any atom is 0.168 e. The lowest BCUT2D eigenvalue weighted by Gasteiger charge is -2.03.